The number of hydrogen-bond acceptors (Lipinski definition) is 3. The van der Waals surface area contributed by atoms with Gasteiger partial charge in [0.05, 0.1) is 0 Å². The number of nitrogens with one attached hydrogen (secondary N) is 2. The molecule has 1 heterocycles. The molecule has 0 radical (unpaired) electrons. The van der Waals surface area contributed by atoms with Crippen molar-refractivity contribution in [2.45, 2.75) is 58.4 Å². The Morgan fingerprint density at radius 1 is 1.03 bits per heavy atom. The topological polar surface area (TPSA) is 78.5 Å². The van der Waals surface area contributed by atoms with Crippen LogP contribution in [0.25, 0.3) is 0 Å². The lowest BCUT2D eigenvalue weighted by Gasteiger charge is -2.26. The maximum Gasteiger partial charge on any atom is 0.325 e. The highest BCUT2D eigenvalue weighted by Crippen LogP contribution is 2.34. The summed E-state index contributed by atoms with van der Waals surface area (Å²) in [6.45, 7) is 9.72. The van der Waals surface area contributed by atoms with E-state index in [-0.39, 0.29) is 18.4 Å². The summed E-state index contributed by atoms with van der Waals surface area (Å²) in [6.07, 6.45) is 0.352. The molecule has 0 aliphatic carbocycles. The number of carbonyl (C=O) groups excluding carboxylic acids is 3. The van der Waals surface area contributed by atoms with E-state index in [1.165, 1.54) is 0 Å². The molecule has 1 aliphatic heterocycles. The van der Waals surface area contributed by atoms with Gasteiger partial charge >= 0.3 is 6.03 Å². The molecule has 7 heteroatoms. The van der Waals surface area contributed by atoms with Gasteiger partial charge in [0.15, 0.2) is 0 Å². The van der Waals surface area contributed by atoms with Crippen LogP contribution in [0.5, 0.6) is 0 Å². The van der Waals surface area contributed by atoms with Crippen molar-refractivity contribution in [2.24, 2.45) is 0 Å². The number of urea groups is 1. The van der Waals surface area contributed by atoms with Gasteiger partial charge in [0.2, 0.25) is 5.91 Å². The highest BCUT2D eigenvalue weighted by Gasteiger charge is 2.51. The zero-order chi connectivity index (χ0) is 23.6. The first-order valence-corrected chi connectivity index (χ1v) is 11.3. The van der Waals surface area contributed by atoms with Crippen molar-refractivity contribution in [1.29, 1.82) is 0 Å². The lowest BCUT2D eigenvalue weighted by molar-refractivity contribution is -0.134. The van der Waals surface area contributed by atoms with Crippen molar-refractivity contribution < 1.29 is 14.4 Å². The Balaban J connectivity index is 1.86. The van der Waals surface area contributed by atoms with E-state index in [0.717, 1.165) is 21.7 Å². The molecule has 2 aromatic carbocycles. The summed E-state index contributed by atoms with van der Waals surface area (Å²) in [6, 6.07) is 12.2. The van der Waals surface area contributed by atoms with Gasteiger partial charge in [0.25, 0.3) is 5.91 Å². The Morgan fingerprint density at radius 3 is 2.09 bits per heavy atom. The van der Waals surface area contributed by atoms with Crippen LogP contribution >= 0.6 is 11.6 Å². The lowest BCUT2D eigenvalue weighted by atomic mass is 9.87. The minimum absolute atomic E-state index is 0.207. The van der Waals surface area contributed by atoms with E-state index < -0.39 is 23.4 Å². The summed E-state index contributed by atoms with van der Waals surface area (Å²) in [4.78, 5) is 40.0. The van der Waals surface area contributed by atoms with Gasteiger partial charge in [0.1, 0.15) is 12.1 Å². The molecule has 1 aliphatic rings. The Bertz CT molecular complexity index is 1010. The molecule has 1 atom stereocenters. The summed E-state index contributed by atoms with van der Waals surface area (Å²) in [5.41, 5.74) is 2.23. The fourth-order valence-corrected chi connectivity index (χ4v) is 4.29. The van der Waals surface area contributed by atoms with E-state index >= 15 is 0 Å². The zero-order valence-electron chi connectivity index (χ0n) is 19.2. The second kappa shape index (κ2) is 9.33. The van der Waals surface area contributed by atoms with E-state index in [1.54, 1.807) is 24.3 Å². The van der Waals surface area contributed by atoms with Gasteiger partial charge in [-0.25, -0.2) is 4.79 Å². The molecule has 170 valence electrons. The van der Waals surface area contributed by atoms with Crippen LogP contribution in [-0.4, -0.2) is 29.3 Å². The number of para-hydroxylation sites is 1. The third-order valence-electron chi connectivity index (χ3n) is 5.98. The molecule has 1 unspecified atom stereocenters. The van der Waals surface area contributed by atoms with Gasteiger partial charge in [0, 0.05) is 10.7 Å². The van der Waals surface area contributed by atoms with Crippen LogP contribution in [0.4, 0.5) is 10.5 Å². The minimum Gasteiger partial charge on any atom is -0.324 e. The SMILES string of the molecule is CCC1(c2ccc(Cl)cc2)NC(=O)N(CC(=O)Nc2c(C(C)C)cccc2C(C)C)C1=O. The van der Waals surface area contributed by atoms with Crippen LogP contribution in [-0.2, 0) is 15.1 Å². The largest absolute Gasteiger partial charge is 0.325 e. The fourth-order valence-electron chi connectivity index (χ4n) is 4.16. The van der Waals surface area contributed by atoms with Gasteiger partial charge in [-0.05, 0) is 47.1 Å². The number of hydrogen-bond donors (Lipinski definition) is 2. The molecule has 1 fully saturated rings. The van der Waals surface area contributed by atoms with Crippen molar-refractivity contribution in [1.82, 2.24) is 10.2 Å². The first-order valence-electron chi connectivity index (χ1n) is 10.9. The molecule has 3 rings (SSSR count). The Labute approximate surface area is 194 Å². The average molecular weight is 456 g/mol. The van der Waals surface area contributed by atoms with Crippen LogP contribution in [0, 0.1) is 0 Å². The predicted octanol–water partition coefficient (Wildman–Crippen LogP) is 5.38. The Hall–Kier alpha value is -2.86. The number of imide groups is 1. The van der Waals surface area contributed by atoms with Crippen molar-refractivity contribution in [3.05, 3.63) is 64.2 Å². The van der Waals surface area contributed by atoms with E-state index in [1.807, 2.05) is 25.1 Å². The molecule has 0 saturated carbocycles. The summed E-state index contributed by atoms with van der Waals surface area (Å²) in [5, 5.41) is 6.31. The molecule has 0 bridgehead atoms. The standard InChI is InChI=1S/C25H30ClN3O3/c1-6-25(17-10-12-18(26)13-11-17)23(31)29(24(32)28-25)14-21(30)27-22-19(15(2)3)8-7-9-20(22)16(4)5/h7-13,15-16H,6,14H2,1-5H3,(H,27,30)(H,28,32). The van der Waals surface area contributed by atoms with Crippen molar-refractivity contribution in [3.8, 4) is 0 Å². The normalized spacial score (nSPS) is 18.4. The van der Waals surface area contributed by atoms with E-state index in [0.29, 0.717) is 17.0 Å². The molecule has 32 heavy (non-hydrogen) atoms. The first kappa shape index (κ1) is 23.8. The molecule has 0 aromatic heterocycles. The molecular formula is C25H30ClN3O3. The third kappa shape index (κ3) is 4.37. The predicted molar refractivity (Wildman–Crippen MR) is 127 cm³/mol. The summed E-state index contributed by atoms with van der Waals surface area (Å²) in [7, 11) is 0. The molecule has 2 N–H and O–H groups in total. The second-order valence-corrected chi connectivity index (χ2v) is 9.19. The minimum atomic E-state index is -1.21. The van der Waals surface area contributed by atoms with Gasteiger partial charge < -0.3 is 10.6 Å². The fraction of sp³-hybridized carbons (Fsp3) is 0.400. The molecule has 6 nitrogen and oxygen atoms in total. The second-order valence-electron chi connectivity index (χ2n) is 8.76. The van der Waals surface area contributed by atoms with Gasteiger partial charge in [-0.2, -0.15) is 0 Å². The molecule has 1 saturated heterocycles. The van der Waals surface area contributed by atoms with E-state index in [9.17, 15) is 14.4 Å². The number of rotatable bonds is 7. The lowest BCUT2D eigenvalue weighted by Crippen LogP contribution is -2.44. The van der Waals surface area contributed by atoms with Crippen LogP contribution in [0.3, 0.4) is 0 Å². The highest BCUT2D eigenvalue weighted by atomic mass is 35.5. The van der Waals surface area contributed by atoms with Gasteiger partial charge in [-0.15, -0.1) is 0 Å². The third-order valence-corrected chi connectivity index (χ3v) is 6.23. The van der Waals surface area contributed by atoms with Crippen LogP contribution in [0.2, 0.25) is 5.02 Å². The Kier molecular flexibility index (Phi) is 6.94. The smallest absolute Gasteiger partial charge is 0.324 e. The van der Waals surface area contributed by atoms with E-state index in [4.69, 9.17) is 11.6 Å². The summed E-state index contributed by atoms with van der Waals surface area (Å²) in [5.74, 6) is -0.438. The molecule has 0 spiro atoms. The molecular weight excluding hydrogens is 426 g/mol. The van der Waals surface area contributed by atoms with Crippen molar-refractivity contribution in [3.63, 3.8) is 0 Å². The highest BCUT2D eigenvalue weighted by molar-refractivity contribution is 6.30. The number of benzene rings is 2. The average Bonchev–Trinajstić information content (AvgIpc) is 2.99. The summed E-state index contributed by atoms with van der Waals surface area (Å²) >= 11 is 5.98. The Morgan fingerprint density at radius 2 is 1.59 bits per heavy atom. The number of carbonyl (C=O) groups is 3. The van der Waals surface area contributed by atoms with Crippen LogP contribution < -0.4 is 10.6 Å². The zero-order valence-corrected chi connectivity index (χ0v) is 19.9. The summed E-state index contributed by atoms with van der Waals surface area (Å²) < 4.78 is 0. The molecule has 4 amide bonds. The first-order chi connectivity index (χ1) is 15.1. The van der Waals surface area contributed by atoms with Gasteiger partial charge in [-0.1, -0.05) is 76.6 Å². The van der Waals surface area contributed by atoms with Crippen molar-refractivity contribution in [2.75, 3.05) is 11.9 Å². The quantitative estimate of drug-likeness (QED) is 0.550. The van der Waals surface area contributed by atoms with E-state index in [2.05, 4.69) is 38.3 Å². The number of amides is 4. The monoisotopic (exact) mass is 455 g/mol. The van der Waals surface area contributed by atoms with Crippen LogP contribution in [0.1, 0.15) is 69.6 Å². The maximum atomic E-state index is 13.3. The number of halogens is 1. The van der Waals surface area contributed by atoms with Crippen LogP contribution in [0.15, 0.2) is 42.5 Å². The molecule has 2 aromatic rings. The van der Waals surface area contributed by atoms with Crippen molar-refractivity contribution >= 4 is 35.1 Å². The number of anilines is 1. The maximum absolute atomic E-state index is 13.3. The van der Waals surface area contributed by atoms with Gasteiger partial charge in [-0.3, -0.25) is 14.5 Å². The number of nitrogens with zero attached hydrogens (tertiary/aromatic N) is 1.